The number of likely N-dealkylation sites (tertiary alicyclic amines) is 1. The van der Waals surface area contributed by atoms with Crippen LogP contribution in [-0.2, 0) is 9.53 Å². The van der Waals surface area contributed by atoms with Crippen LogP contribution in [-0.4, -0.2) is 46.2 Å². The summed E-state index contributed by atoms with van der Waals surface area (Å²) in [6.45, 7) is 7.05. The number of carbonyl (C=O) groups is 2. The molecule has 2 rings (SSSR count). The topological polar surface area (TPSA) is 66.8 Å². The number of ether oxygens (including phenoxy) is 1. The summed E-state index contributed by atoms with van der Waals surface area (Å²) in [5, 5.41) is 10.1. The third kappa shape index (κ3) is 3.08. The third-order valence-electron chi connectivity index (χ3n) is 3.74. The van der Waals surface area contributed by atoms with Gasteiger partial charge in [0.25, 0.3) is 0 Å². The van der Waals surface area contributed by atoms with Crippen molar-refractivity contribution in [3.05, 3.63) is 0 Å². The Morgan fingerprint density at radius 2 is 1.84 bits per heavy atom. The van der Waals surface area contributed by atoms with Gasteiger partial charge in [-0.1, -0.05) is 0 Å². The van der Waals surface area contributed by atoms with Gasteiger partial charge in [-0.15, -0.1) is 0 Å². The summed E-state index contributed by atoms with van der Waals surface area (Å²) in [7, 11) is 0. The van der Waals surface area contributed by atoms with Gasteiger partial charge in [0.1, 0.15) is 5.60 Å². The molecule has 0 spiro atoms. The van der Waals surface area contributed by atoms with Crippen LogP contribution >= 0.6 is 0 Å². The number of hydrogen-bond donors (Lipinski definition) is 1. The van der Waals surface area contributed by atoms with Gasteiger partial charge in [-0.3, -0.25) is 9.69 Å². The molecule has 1 aliphatic carbocycles. The maximum atomic E-state index is 12.2. The Morgan fingerprint density at radius 3 is 2.26 bits per heavy atom. The average molecular weight is 269 g/mol. The highest BCUT2D eigenvalue weighted by Crippen LogP contribution is 2.45. The van der Waals surface area contributed by atoms with Gasteiger partial charge in [0.15, 0.2) is 5.78 Å². The summed E-state index contributed by atoms with van der Waals surface area (Å²) in [5.74, 6) is 0.181. The van der Waals surface area contributed by atoms with Gasteiger partial charge in [-0.05, 0) is 46.5 Å². The molecule has 5 heteroatoms. The number of aliphatic hydroxyl groups excluding tert-OH is 1. The number of amides is 1. The molecule has 3 atom stereocenters. The summed E-state index contributed by atoms with van der Waals surface area (Å²) < 4.78 is 5.32. The van der Waals surface area contributed by atoms with Crippen molar-refractivity contribution in [1.82, 2.24) is 4.90 Å². The number of β-amino-alcohol motifs (C(OH)–C–C–N with tert-alkyl or cyclic N) is 1. The lowest BCUT2D eigenvalue weighted by Crippen LogP contribution is -2.45. The minimum Gasteiger partial charge on any atom is -0.444 e. The summed E-state index contributed by atoms with van der Waals surface area (Å²) >= 11 is 0. The number of carbonyl (C=O) groups excluding carboxylic acids is 2. The Bertz CT molecular complexity index is 383. The molecule has 1 N–H and O–H groups in total. The minimum absolute atomic E-state index is 0.0701. The number of hydrogen-bond acceptors (Lipinski definition) is 4. The van der Waals surface area contributed by atoms with E-state index in [1.54, 1.807) is 20.8 Å². The van der Waals surface area contributed by atoms with Gasteiger partial charge in [-0.25, -0.2) is 4.79 Å². The molecule has 2 aliphatic rings. The van der Waals surface area contributed by atoms with Crippen LogP contribution in [0.1, 0.15) is 40.5 Å². The van der Waals surface area contributed by atoms with Gasteiger partial charge in [0.2, 0.25) is 0 Å². The van der Waals surface area contributed by atoms with Crippen molar-refractivity contribution in [2.75, 3.05) is 6.54 Å². The van der Waals surface area contributed by atoms with Crippen LogP contribution in [0.25, 0.3) is 0 Å². The summed E-state index contributed by atoms with van der Waals surface area (Å²) in [5.41, 5.74) is -0.596. The standard InChI is InChI=1S/C14H23NO4/c1-8(16)12-11(9-5-6-9)10(17)7-15(12)13(18)19-14(2,3)4/h9-12,17H,5-7H2,1-4H3. The molecule has 19 heavy (non-hydrogen) atoms. The third-order valence-corrected chi connectivity index (χ3v) is 3.74. The zero-order valence-corrected chi connectivity index (χ0v) is 12.0. The predicted octanol–water partition coefficient (Wildman–Crippen LogP) is 1.58. The van der Waals surface area contributed by atoms with Gasteiger partial charge >= 0.3 is 6.09 Å². The van der Waals surface area contributed by atoms with E-state index in [0.717, 1.165) is 12.8 Å². The number of nitrogens with zero attached hydrogens (tertiary/aromatic N) is 1. The smallest absolute Gasteiger partial charge is 0.411 e. The lowest BCUT2D eigenvalue weighted by atomic mass is 9.91. The van der Waals surface area contributed by atoms with E-state index in [2.05, 4.69) is 0 Å². The molecule has 3 unspecified atom stereocenters. The average Bonchev–Trinajstić information content (AvgIpc) is 2.99. The van der Waals surface area contributed by atoms with Crippen LogP contribution in [0.15, 0.2) is 0 Å². The van der Waals surface area contributed by atoms with Crippen LogP contribution in [0.5, 0.6) is 0 Å². The zero-order chi connectivity index (χ0) is 14.4. The van der Waals surface area contributed by atoms with Crippen LogP contribution in [0, 0.1) is 11.8 Å². The van der Waals surface area contributed by atoms with E-state index in [-0.39, 0.29) is 18.2 Å². The Kier molecular flexibility index (Phi) is 3.60. The highest BCUT2D eigenvalue weighted by Gasteiger charge is 2.52. The molecule has 0 aromatic rings. The molecule has 0 bridgehead atoms. The molecule has 0 aromatic heterocycles. The molecule has 108 valence electrons. The van der Waals surface area contributed by atoms with Crippen molar-refractivity contribution in [3.8, 4) is 0 Å². The lowest BCUT2D eigenvalue weighted by Gasteiger charge is -2.29. The molecule has 1 saturated heterocycles. The fraction of sp³-hybridized carbons (Fsp3) is 0.857. The maximum absolute atomic E-state index is 12.2. The van der Waals surface area contributed by atoms with E-state index < -0.39 is 23.8 Å². The maximum Gasteiger partial charge on any atom is 0.411 e. The van der Waals surface area contributed by atoms with Gasteiger partial charge in [-0.2, -0.15) is 0 Å². The second kappa shape index (κ2) is 4.78. The second-order valence-electron chi connectivity index (χ2n) is 6.67. The quantitative estimate of drug-likeness (QED) is 0.826. The first-order valence-corrected chi connectivity index (χ1v) is 6.89. The van der Waals surface area contributed by atoms with Crippen LogP contribution in [0.3, 0.4) is 0 Å². The van der Waals surface area contributed by atoms with Crippen molar-refractivity contribution in [2.45, 2.75) is 58.3 Å². The van der Waals surface area contributed by atoms with Gasteiger partial charge < -0.3 is 9.84 Å². The second-order valence-corrected chi connectivity index (χ2v) is 6.67. The molecule has 1 aliphatic heterocycles. The largest absolute Gasteiger partial charge is 0.444 e. The first kappa shape index (κ1) is 14.3. The molecule has 0 radical (unpaired) electrons. The molecule has 1 amide bonds. The van der Waals surface area contributed by atoms with Crippen molar-refractivity contribution < 1.29 is 19.4 Å². The lowest BCUT2D eigenvalue weighted by molar-refractivity contribution is -0.122. The van der Waals surface area contributed by atoms with E-state index in [4.69, 9.17) is 4.74 Å². The molecular formula is C14H23NO4. The fourth-order valence-corrected chi connectivity index (χ4v) is 2.91. The zero-order valence-electron chi connectivity index (χ0n) is 12.0. The van der Waals surface area contributed by atoms with Crippen molar-refractivity contribution in [3.63, 3.8) is 0 Å². The summed E-state index contributed by atoms with van der Waals surface area (Å²) in [6.07, 6.45) is 0.949. The fourth-order valence-electron chi connectivity index (χ4n) is 2.91. The van der Waals surface area contributed by atoms with Gasteiger partial charge in [0, 0.05) is 5.92 Å². The Labute approximate surface area is 113 Å². The SMILES string of the molecule is CC(=O)C1C(C2CC2)C(O)CN1C(=O)OC(C)(C)C. The van der Waals surface area contributed by atoms with Crippen LogP contribution < -0.4 is 0 Å². The molecule has 1 heterocycles. The Morgan fingerprint density at radius 1 is 1.26 bits per heavy atom. The van der Waals surface area contributed by atoms with E-state index in [0.29, 0.717) is 5.92 Å². The normalized spacial score (nSPS) is 31.4. The molecule has 1 saturated carbocycles. The first-order chi connectivity index (χ1) is 8.70. The van der Waals surface area contributed by atoms with Crippen molar-refractivity contribution >= 4 is 11.9 Å². The van der Waals surface area contributed by atoms with E-state index >= 15 is 0 Å². The summed E-state index contributed by atoms with van der Waals surface area (Å²) in [6, 6.07) is -0.530. The predicted molar refractivity (Wildman–Crippen MR) is 69.6 cm³/mol. The van der Waals surface area contributed by atoms with E-state index in [1.807, 2.05) is 0 Å². The molecule has 5 nitrogen and oxygen atoms in total. The van der Waals surface area contributed by atoms with Gasteiger partial charge in [0.05, 0.1) is 18.7 Å². The van der Waals surface area contributed by atoms with Crippen molar-refractivity contribution in [2.24, 2.45) is 11.8 Å². The monoisotopic (exact) mass is 269 g/mol. The molecule has 2 fully saturated rings. The van der Waals surface area contributed by atoms with Crippen molar-refractivity contribution in [1.29, 1.82) is 0 Å². The van der Waals surface area contributed by atoms with E-state index in [9.17, 15) is 14.7 Å². The minimum atomic E-state index is -0.617. The number of Topliss-reactive ketones (excluding diaryl/α,β-unsaturated/α-hetero) is 1. The number of rotatable bonds is 2. The summed E-state index contributed by atoms with van der Waals surface area (Å²) in [4.78, 5) is 25.4. The Hall–Kier alpha value is -1.10. The highest BCUT2D eigenvalue weighted by atomic mass is 16.6. The highest BCUT2D eigenvalue weighted by molar-refractivity contribution is 5.86. The Balaban J connectivity index is 2.15. The molecule has 0 aromatic carbocycles. The van der Waals surface area contributed by atoms with Crippen LogP contribution in [0.4, 0.5) is 4.79 Å². The van der Waals surface area contributed by atoms with Crippen LogP contribution in [0.2, 0.25) is 0 Å². The first-order valence-electron chi connectivity index (χ1n) is 6.89. The van der Waals surface area contributed by atoms with E-state index in [1.165, 1.54) is 11.8 Å². The number of ketones is 1. The molecular weight excluding hydrogens is 246 g/mol. The number of aliphatic hydroxyl groups is 1.